The molecule has 0 amide bonds. The molecule has 0 radical (unpaired) electrons. The minimum Gasteiger partial charge on any atom is -0.391 e. The van der Waals surface area contributed by atoms with Crippen molar-refractivity contribution in [2.45, 2.75) is 44.6 Å². The Morgan fingerprint density at radius 2 is 1.88 bits per heavy atom. The van der Waals surface area contributed by atoms with Crippen LogP contribution < -0.4 is 0 Å². The summed E-state index contributed by atoms with van der Waals surface area (Å²) in [5, 5.41) is 12.9. The molecule has 122 valence electrons. The Hall–Kier alpha value is -2.60. The number of nitriles is 1. The third kappa shape index (κ3) is 4.45. The van der Waals surface area contributed by atoms with E-state index in [4.69, 9.17) is 10.1 Å². The Morgan fingerprint density at radius 1 is 1.08 bits per heavy atom. The Bertz CT molecular complexity index is 722. The maximum atomic E-state index is 8.78. The van der Waals surface area contributed by atoms with Crippen molar-refractivity contribution in [2.75, 3.05) is 0 Å². The van der Waals surface area contributed by atoms with Crippen molar-refractivity contribution in [2.24, 2.45) is 5.16 Å². The highest BCUT2D eigenvalue weighted by Gasteiger charge is 2.15. The molecule has 1 aliphatic rings. The van der Waals surface area contributed by atoms with E-state index >= 15 is 0 Å². The fourth-order valence-electron chi connectivity index (χ4n) is 3.21. The first-order chi connectivity index (χ1) is 11.8. The highest BCUT2D eigenvalue weighted by molar-refractivity contribution is 5.79. The highest BCUT2D eigenvalue weighted by Crippen LogP contribution is 2.32. The van der Waals surface area contributed by atoms with E-state index in [1.165, 1.54) is 37.7 Å². The average Bonchev–Trinajstić information content (AvgIpc) is 2.67. The maximum Gasteiger partial charge on any atom is 0.142 e. The first kappa shape index (κ1) is 16.3. The van der Waals surface area contributed by atoms with Crippen LogP contribution in [0.5, 0.6) is 0 Å². The van der Waals surface area contributed by atoms with Crippen LogP contribution in [0.4, 0.5) is 0 Å². The largest absolute Gasteiger partial charge is 0.391 e. The summed E-state index contributed by atoms with van der Waals surface area (Å²) < 4.78 is 0. The van der Waals surface area contributed by atoms with E-state index < -0.39 is 0 Å². The van der Waals surface area contributed by atoms with E-state index in [9.17, 15) is 0 Å². The summed E-state index contributed by atoms with van der Waals surface area (Å²) in [7, 11) is 0. The zero-order valence-corrected chi connectivity index (χ0v) is 13.8. The molecule has 0 atom stereocenters. The van der Waals surface area contributed by atoms with Crippen molar-refractivity contribution in [1.29, 1.82) is 5.26 Å². The number of hydrogen-bond donors (Lipinski definition) is 0. The summed E-state index contributed by atoms with van der Waals surface area (Å²) in [6.07, 6.45) is 8.44. The van der Waals surface area contributed by atoms with Gasteiger partial charge in [0.05, 0.1) is 17.8 Å². The topological polar surface area (TPSA) is 45.4 Å². The predicted octanol–water partition coefficient (Wildman–Crippen LogP) is 5.16. The quantitative estimate of drug-likeness (QED) is 0.565. The number of nitrogens with zero attached hydrogens (tertiary/aromatic N) is 2. The van der Waals surface area contributed by atoms with Gasteiger partial charge in [0.15, 0.2) is 0 Å². The standard InChI is InChI=1S/C21H22N2O/c22-14-17-9-11-18(12-10-17)16-24-23-15-19-5-4-8-21(13-19)20-6-2-1-3-7-20/h4-5,8-13,15,20H,1-3,6-7,16H2. The van der Waals surface area contributed by atoms with Crippen LogP contribution in [0.2, 0.25) is 0 Å². The van der Waals surface area contributed by atoms with Crippen LogP contribution in [0, 0.1) is 11.3 Å². The van der Waals surface area contributed by atoms with Crippen molar-refractivity contribution in [3.05, 3.63) is 70.8 Å². The normalized spacial score (nSPS) is 15.3. The summed E-state index contributed by atoms with van der Waals surface area (Å²) >= 11 is 0. The lowest BCUT2D eigenvalue weighted by atomic mass is 9.84. The van der Waals surface area contributed by atoms with Crippen LogP contribution in [-0.4, -0.2) is 6.21 Å². The molecule has 24 heavy (non-hydrogen) atoms. The molecule has 2 aromatic rings. The molecule has 3 nitrogen and oxygen atoms in total. The summed E-state index contributed by atoms with van der Waals surface area (Å²) in [5.41, 5.74) is 4.16. The smallest absolute Gasteiger partial charge is 0.142 e. The Morgan fingerprint density at radius 3 is 2.62 bits per heavy atom. The van der Waals surface area contributed by atoms with Gasteiger partial charge in [0.25, 0.3) is 0 Å². The van der Waals surface area contributed by atoms with E-state index in [0.29, 0.717) is 18.1 Å². The maximum absolute atomic E-state index is 8.78. The third-order valence-corrected chi connectivity index (χ3v) is 4.58. The zero-order chi connectivity index (χ0) is 16.6. The number of oxime groups is 1. The molecular weight excluding hydrogens is 296 g/mol. The van der Waals surface area contributed by atoms with Crippen molar-refractivity contribution >= 4 is 6.21 Å². The minimum absolute atomic E-state index is 0.407. The number of hydrogen-bond acceptors (Lipinski definition) is 3. The molecule has 1 fully saturated rings. The second-order valence-electron chi connectivity index (χ2n) is 6.32. The zero-order valence-electron chi connectivity index (χ0n) is 13.8. The van der Waals surface area contributed by atoms with Gasteiger partial charge in [0.2, 0.25) is 0 Å². The minimum atomic E-state index is 0.407. The third-order valence-electron chi connectivity index (χ3n) is 4.58. The van der Waals surface area contributed by atoms with Gasteiger partial charge in [-0.3, -0.25) is 0 Å². The van der Waals surface area contributed by atoms with Gasteiger partial charge in [0.1, 0.15) is 6.61 Å². The molecule has 0 bridgehead atoms. The van der Waals surface area contributed by atoms with E-state index in [-0.39, 0.29) is 0 Å². The Kier molecular flexibility index (Phi) is 5.63. The molecule has 0 N–H and O–H groups in total. The predicted molar refractivity (Wildman–Crippen MR) is 95.8 cm³/mol. The van der Waals surface area contributed by atoms with Crippen molar-refractivity contribution in [3.8, 4) is 6.07 Å². The first-order valence-electron chi connectivity index (χ1n) is 8.59. The molecule has 0 aromatic heterocycles. The van der Waals surface area contributed by atoms with Gasteiger partial charge in [-0.2, -0.15) is 5.26 Å². The molecule has 2 aromatic carbocycles. The lowest BCUT2D eigenvalue weighted by molar-refractivity contribution is 0.132. The molecule has 0 saturated heterocycles. The fraction of sp³-hybridized carbons (Fsp3) is 0.333. The highest BCUT2D eigenvalue weighted by atomic mass is 16.6. The molecule has 0 unspecified atom stereocenters. The second kappa shape index (κ2) is 8.31. The SMILES string of the molecule is N#Cc1ccc(CON=Cc2cccc(C3CCCCC3)c2)cc1. The molecule has 0 aliphatic heterocycles. The summed E-state index contributed by atoms with van der Waals surface area (Å²) in [6.45, 7) is 0.407. The summed E-state index contributed by atoms with van der Waals surface area (Å²) in [4.78, 5) is 5.37. The van der Waals surface area contributed by atoms with Gasteiger partial charge in [0, 0.05) is 0 Å². The Labute approximate surface area is 143 Å². The molecule has 1 aliphatic carbocycles. The number of rotatable bonds is 5. The van der Waals surface area contributed by atoms with Gasteiger partial charge in [-0.05, 0) is 53.6 Å². The summed E-state index contributed by atoms with van der Waals surface area (Å²) in [5.74, 6) is 0.701. The van der Waals surface area contributed by atoms with Crippen LogP contribution in [0.25, 0.3) is 0 Å². The van der Waals surface area contributed by atoms with Gasteiger partial charge in [-0.25, -0.2) is 0 Å². The molecule has 3 heteroatoms. The van der Waals surface area contributed by atoms with Gasteiger partial charge < -0.3 is 4.84 Å². The lowest BCUT2D eigenvalue weighted by Crippen LogP contribution is -2.04. The van der Waals surface area contributed by atoms with Crippen LogP contribution >= 0.6 is 0 Å². The fourth-order valence-corrected chi connectivity index (χ4v) is 3.21. The monoisotopic (exact) mass is 318 g/mol. The van der Waals surface area contributed by atoms with Crippen molar-refractivity contribution in [3.63, 3.8) is 0 Å². The van der Waals surface area contributed by atoms with Gasteiger partial charge in [-0.1, -0.05) is 54.8 Å². The second-order valence-corrected chi connectivity index (χ2v) is 6.32. The van der Waals surface area contributed by atoms with Gasteiger partial charge in [-0.15, -0.1) is 0 Å². The van der Waals surface area contributed by atoms with Crippen LogP contribution in [-0.2, 0) is 11.4 Å². The van der Waals surface area contributed by atoms with E-state index in [0.717, 1.165) is 11.1 Å². The molecular formula is C21H22N2O. The van der Waals surface area contributed by atoms with Crippen molar-refractivity contribution in [1.82, 2.24) is 0 Å². The van der Waals surface area contributed by atoms with Crippen molar-refractivity contribution < 1.29 is 4.84 Å². The van der Waals surface area contributed by atoms with E-state index in [1.54, 1.807) is 18.3 Å². The summed E-state index contributed by atoms with van der Waals surface area (Å²) in [6, 6.07) is 18.1. The van der Waals surface area contributed by atoms with Gasteiger partial charge >= 0.3 is 0 Å². The molecule has 0 heterocycles. The van der Waals surface area contributed by atoms with E-state index in [2.05, 4.69) is 35.5 Å². The molecule has 3 rings (SSSR count). The van der Waals surface area contributed by atoms with Crippen LogP contribution in [0.1, 0.15) is 60.3 Å². The van der Waals surface area contributed by atoms with Crippen LogP contribution in [0.15, 0.2) is 53.7 Å². The average molecular weight is 318 g/mol. The lowest BCUT2D eigenvalue weighted by Gasteiger charge is -2.22. The number of benzene rings is 2. The molecule has 1 saturated carbocycles. The molecule has 0 spiro atoms. The Balaban J connectivity index is 1.55. The van der Waals surface area contributed by atoms with Crippen LogP contribution in [0.3, 0.4) is 0 Å². The van der Waals surface area contributed by atoms with E-state index in [1.807, 2.05) is 12.1 Å². The first-order valence-corrected chi connectivity index (χ1v) is 8.59.